The summed E-state index contributed by atoms with van der Waals surface area (Å²) in [6.07, 6.45) is 0. The highest BCUT2D eigenvalue weighted by Gasteiger charge is 2.23. The van der Waals surface area contributed by atoms with Crippen molar-refractivity contribution in [3.63, 3.8) is 0 Å². The lowest BCUT2D eigenvalue weighted by Gasteiger charge is -2.11. The zero-order valence-corrected chi connectivity index (χ0v) is 12.8. The SMILES string of the molecule is CCNCCNS(=O)(=O)c1cc(Cl)ccc1C(=O)OC. The van der Waals surface area contributed by atoms with E-state index in [1.807, 2.05) is 6.92 Å². The van der Waals surface area contributed by atoms with Gasteiger partial charge in [-0.05, 0) is 24.7 Å². The molecule has 0 aliphatic heterocycles. The van der Waals surface area contributed by atoms with E-state index < -0.39 is 16.0 Å². The molecule has 0 aliphatic rings. The van der Waals surface area contributed by atoms with Gasteiger partial charge >= 0.3 is 5.97 Å². The van der Waals surface area contributed by atoms with Crippen LogP contribution in [0.3, 0.4) is 0 Å². The number of benzene rings is 1. The molecule has 0 saturated carbocycles. The Morgan fingerprint density at radius 1 is 1.35 bits per heavy atom. The summed E-state index contributed by atoms with van der Waals surface area (Å²) in [6, 6.07) is 3.99. The molecule has 112 valence electrons. The Balaban J connectivity index is 3.03. The van der Waals surface area contributed by atoms with Crippen molar-refractivity contribution >= 4 is 27.6 Å². The molecule has 0 bridgehead atoms. The number of hydrogen-bond donors (Lipinski definition) is 2. The number of sulfonamides is 1. The molecule has 0 radical (unpaired) electrons. The van der Waals surface area contributed by atoms with Crippen molar-refractivity contribution in [2.75, 3.05) is 26.7 Å². The molecular weight excluding hydrogens is 304 g/mol. The van der Waals surface area contributed by atoms with Crippen molar-refractivity contribution in [3.05, 3.63) is 28.8 Å². The van der Waals surface area contributed by atoms with Gasteiger partial charge in [0.2, 0.25) is 10.0 Å². The van der Waals surface area contributed by atoms with Crippen LogP contribution >= 0.6 is 11.6 Å². The topological polar surface area (TPSA) is 84.5 Å². The first-order chi connectivity index (χ1) is 9.42. The summed E-state index contributed by atoms with van der Waals surface area (Å²) in [6.45, 7) is 3.36. The van der Waals surface area contributed by atoms with Gasteiger partial charge in [-0.25, -0.2) is 17.9 Å². The number of likely N-dealkylation sites (N-methyl/N-ethyl adjacent to an activating group) is 1. The number of halogens is 1. The van der Waals surface area contributed by atoms with Gasteiger partial charge in [-0.15, -0.1) is 0 Å². The number of carbonyl (C=O) groups excluding carboxylic acids is 1. The molecular formula is C12H17ClN2O4S. The highest BCUT2D eigenvalue weighted by atomic mass is 35.5. The number of esters is 1. The number of rotatable bonds is 7. The average molecular weight is 321 g/mol. The summed E-state index contributed by atoms with van der Waals surface area (Å²) in [5.41, 5.74) is -0.0483. The van der Waals surface area contributed by atoms with E-state index >= 15 is 0 Å². The smallest absolute Gasteiger partial charge is 0.339 e. The third-order valence-electron chi connectivity index (χ3n) is 2.48. The van der Waals surface area contributed by atoms with Crippen LogP contribution in [0.1, 0.15) is 17.3 Å². The van der Waals surface area contributed by atoms with Crippen LogP contribution in [0, 0.1) is 0 Å². The molecule has 2 N–H and O–H groups in total. The predicted octanol–water partition coefficient (Wildman–Crippen LogP) is 1.01. The fourth-order valence-electron chi connectivity index (χ4n) is 1.53. The van der Waals surface area contributed by atoms with Crippen molar-refractivity contribution in [2.24, 2.45) is 0 Å². The summed E-state index contributed by atoms with van der Waals surface area (Å²) >= 11 is 5.80. The second-order valence-corrected chi connectivity index (χ2v) is 6.06. The standard InChI is InChI=1S/C12H17ClN2O4S/c1-3-14-6-7-15-20(17,18)11-8-9(13)4-5-10(11)12(16)19-2/h4-5,8,14-15H,3,6-7H2,1-2H3. The third-order valence-corrected chi connectivity index (χ3v) is 4.22. The van der Waals surface area contributed by atoms with Crippen LogP contribution in [-0.2, 0) is 14.8 Å². The lowest BCUT2D eigenvalue weighted by molar-refractivity contribution is 0.0596. The summed E-state index contributed by atoms with van der Waals surface area (Å²) < 4.78 is 31.3. The van der Waals surface area contributed by atoms with Gasteiger partial charge in [-0.2, -0.15) is 0 Å². The van der Waals surface area contributed by atoms with Crippen molar-refractivity contribution in [1.29, 1.82) is 0 Å². The van der Waals surface area contributed by atoms with Crippen LogP contribution in [0.5, 0.6) is 0 Å². The number of hydrogen-bond acceptors (Lipinski definition) is 5. The Morgan fingerprint density at radius 3 is 2.65 bits per heavy atom. The van der Waals surface area contributed by atoms with E-state index in [1.165, 1.54) is 25.3 Å². The quantitative estimate of drug-likeness (QED) is 0.578. The van der Waals surface area contributed by atoms with Crippen LogP contribution in [0.4, 0.5) is 0 Å². The highest BCUT2D eigenvalue weighted by molar-refractivity contribution is 7.89. The molecule has 0 saturated heterocycles. The zero-order valence-electron chi connectivity index (χ0n) is 11.3. The average Bonchev–Trinajstić information content (AvgIpc) is 2.42. The van der Waals surface area contributed by atoms with E-state index in [0.717, 1.165) is 6.54 Å². The van der Waals surface area contributed by atoms with Crippen LogP contribution < -0.4 is 10.0 Å². The van der Waals surface area contributed by atoms with Crippen LogP contribution in [0.15, 0.2) is 23.1 Å². The molecule has 0 aromatic heterocycles. The molecule has 0 aliphatic carbocycles. The second kappa shape index (κ2) is 7.58. The maximum absolute atomic E-state index is 12.2. The molecule has 0 atom stereocenters. The summed E-state index contributed by atoms with van der Waals surface area (Å²) in [7, 11) is -2.64. The molecule has 6 nitrogen and oxygen atoms in total. The van der Waals surface area contributed by atoms with E-state index in [1.54, 1.807) is 0 Å². The Morgan fingerprint density at radius 2 is 2.05 bits per heavy atom. The molecule has 20 heavy (non-hydrogen) atoms. The first kappa shape index (κ1) is 16.9. The number of carbonyl (C=O) groups is 1. The van der Waals surface area contributed by atoms with E-state index in [-0.39, 0.29) is 22.0 Å². The minimum absolute atomic E-state index is 0.0483. The largest absolute Gasteiger partial charge is 0.465 e. The molecule has 0 heterocycles. The number of methoxy groups -OCH3 is 1. The third kappa shape index (κ3) is 4.45. The number of ether oxygens (including phenoxy) is 1. The van der Waals surface area contributed by atoms with Gasteiger partial charge < -0.3 is 10.1 Å². The first-order valence-corrected chi connectivity index (χ1v) is 7.86. The molecule has 1 aromatic rings. The maximum Gasteiger partial charge on any atom is 0.339 e. The van der Waals surface area contributed by atoms with E-state index in [0.29, 0.717) is 6.54 Å². The summed E-state index contributed by atoms with van der Waals surface area (Å²) in [5.74, 6) is -0.728. The van der Waals surface area contributed by atoms with Crippen molar-refractivity contribution in [2.45, 2.75) is 11.8 Å². The molecule has 1 aromatic carbocycles. The minimum Gasteiger partial charge on any atom is -0.465 e. The lowest BCUT2D eigenvalue weighted by atomic mass is 10.2. The fourth-order valence-corrected chi connectivity index (χ4v) is 3.01. The van der Waals surface area contributed by atoms with Gasteiger partial charge in [0.25, 0.3) is 0 Å². The first-order valence-electron chi connectivity index (χ1n) is 6.00. The van der Waals surface area contributed by atoms with E-state index in [4.69, 9.17) is 11.6 Å². The van der Waals surface area contributed by atoms with Crippen molar-refractivity contribution in [1.82, 2.24) is 10.0 Å². The second-order valence-electron chi connectivity index (χ2n) is 3.88. The molecule has 0 fully saturated rings. The van der Waals surface area contributed by atoms with Gasteiger partial charge in [0.1, 0.15) is 0 Å². The maximum atomic E-state index is 12.2. The molecule has 0 spiro atoms. The van der Waals surface area contributed by atoms with Gasteiger partial charge in [0, 0.05) is 18.1 Å². The normalized spacial score (nSPS) is 11.3. The monoisotopic (exact) mass is 320 g/mol. The lowest BCUT2D eigenvalue weighted by Crippen LogP contribution is -2.32. The van der Waals surface area contributed by atoms with Gasteiger partial charge in [-0.1, -0.05) is 18.5 Å². The Bertz CT molecular complexity index is 575. The van der Waals surface area contributed by atoms with Crippen LogP contribution in [0.25, 0.3) is 0 Å². The van der Waals surface area contributed by atoms with Crippen LogP contribution in [-0.4, -0.2) is 41.1 Å². The fraction of sp³-hybridized carbons (Fsp3) is 0.417. The predicted molar refractivity (Wildman–Crippen MR) is 76.5 cm³/mol. The Kier molecular flexibility index (Phi) is 6.41. The molecule has 8 heteroatoms. The summed E-state index contributed by atoms with van der Waals surface area (Å²) in [4.78, 5) is 11.4. The zero-order chi connectivity index (χ0) is 15.2. The highest BCUT2D eigenvalue weighted by Crippen LogP contribution is 2.21. The van der Waals surface area contributed by atoms with Gasteiger partial charge in [-0.3, -0.25) is 0 Å². The Hall–Kier alpha value is -1.15. The van der Waals surface area contributed by atoms with Crippen molar-refractivity contribution < 1.29 is 17.9 Å². The summed E-state index contributed by atoms with van der Waals surface area (Å²) in [5, 5.41) is 3.21. The van der Waals surface area contributed by atoms with Gasteiger partial charge in [0.15, 0.2) is 0 Å². The van der Waals surface area contributed by atoms with Crippen molar-refractivity contribution in [3.8, 4) is 0 Å². The van der Waals surface area contributed by atoms with E-state index in [2.05, 4.69) is 14.8 Å². The molecule has 1 rings (SSSR count). The minimum atomic E-state index is -3.82. The molecule has 0 amide bonds. The van der Waals surface area contributed by atoms with E-state index in [9.17, 15) is 13.2 Å². The van der Waals surface area contributed by atoms with Gasteiger partial charge in [0.05, 0.1) is 17.6 Å². The Labute approximate surface area is 123 Å². The van der Waals surface area contributed by atoms with Crippen LogP contribution in [0.2, 0.25) is 5.02 Å². The number of nitrogens with one attached hydrogen (secondary N) is 2. The molecule has 0 unspecified atom stereocenters.